The fourth-order valence-electron chi connectivity index (χ4n) is 1.15. The molecule has 1 aromatic carbocycles. The Morgan fingerprint density at radius 3 is 2.50 bits per heavy atom. The van der Waals surface area contributed by atoms with Crippen molar-refractivity contribution in [2.45, 2.75) is 9.92 Å². The van der Waals surface area contributed by atoms with Gasteiger partial charge in [0.15, 0.2) is 0 Å². The molecule has 0 spiro atoms. The minimum absolute atomic E-state index is 0.890. The number of rotatable bonds is 3. The molecule has 2 nitrogen and oxygen atoms in total. The average molecular weight is 205 g/mol. The largest absolute Gasteiger partial charge is 0.497 e. The first kappa shape index (κ1) is 9.21. The van der Waals surface area contributed by atoms with E-state index in [4.69, 9.17) is 4.74 Å². The first-order valence-corrected chi connectivity index (χ1v) is 5.15. The molecule has 72 valence electrons. The lowest BCUT2D eigenvalue weighted by molar-refractivity contribution is 0.414. The van der Waals surface area contributed by atoms with E-state index in [1.54, 1.807) is 18.9 Å². The van der Waals surface area contributed by atoms with Crippen molar-refractivity contribution in [1.29, 1.82) is 0 Å². The maximum atomic E-state index is 5.09. The van der Waals surface area contributed by atoms with Crippen LogP contribution in [-0.2, 0) is 0 Å². The van der Waals surface area contributed by atoms with Gasteiger partial charge in [-0.3, -0.25) is 0 Å². The number of nitrogens with one attached hydrogen (secondary N) is 1. The van der Waals surface area contributed by atoms with E-state index >= 15 is 0 Å². The third-order valence-electron chi connectivity index (χ3n) is 1.86. The molecule has 0 fully saturated rings. The fraction of sp³-hybridized carbons (Fsp3) is 0.0909. The predicted octanol–water partition coefficient (Wildman–Crippen LogP) is 3.17. The van der Waals surface area contributed by atoms with Gasteiger partial charge in [-0.15, -0.1) is 0 Å². The molecule has 0 aliphatic carbocycles. The Labute approximate surface area is 87.3 Å². The van der Waals surface area contributed by atoms with Gasteiger partial charge in [0.05, 0.1) is 12.1 Å². The number of hydrogen-bond donors (Lipinski definition) is 1. The lowest BCUT2D eigenvalue weighted by Gasteiger charge is -2.01. The van der Waals surface area contributed by atoms with Gasteiger partial charge in [-0.05, 0) is 36.4 Å². The Kier molecular flexibility index (Phi) is 2.79. The quantitative estimate of drug-likeness (QED) is 0.832. The molecule has 1 heterocycles. The van der Waals surface area contributed by atoms with E-state index in [0.717, 1.165) is 10.8 Å². The molecule has 3 heteroatoms. The van der Waals surface area contributed by atoms with Gasteiger partial charge in [0.2, 0.25) is 0 Å². The van der Waals surface area contributed by atoms with Crippen LogP contribution in [0.1, 0.15) is 0 Å². The van der Waals surface area contributed by atoms with Crippen LogP contribution in [0.5, 0.6) is 5.75 Å². The molecule has 0 atom stereocenters. The molecule has 0 unspecified atom stereocenters. The zero-order valence-electron chi connectivity index (χ0n) is 7.86. The first-order chi connectivity index (χ1) is 6.88. The van der Waals surface area contributed by atoms with E-state index in [2.05, 4.69) is 11.1 Å². The minimum Gasteiger partial charge on any atom is -0.497 e. The SMILES string of the molecule is COc1ccc(Sc2ccc[nH]2)cc1. The summed E-state index contributed by atoms with van der Waals surface area (Å²) in [7, 11) is 1.67. The van der Waals surface area contributed by atoms with Crippen LogP contribution in [0.3, 0.4) is 0 Å². The smallest absolute Gasteiger partial charge is 0.118 e. The summed E-state index contributed by atoms with van der Waals surface area (Å²) >= 11 is 1.70. The molecule has 0 saturated carbocycles. The van der Waals surface area contributed by atoms with E-state index in [9.17, 15) is 0 Å². The van der Waals surface area contributed by atoms with Gasteiger partial charge in [0, 0.05) is 11.1 Å². The lowest BCUT2D eigenvalue weighted by atomic mass is 10.3. The molecule has 2 aromatic rings. The lowest BCUT2D eigenvalue weighted by Crippen LogP contribution is -1.81. The topological polar surface area (TPSA) is 25.0 Å². The van der Waals surface area contributed by atoms with Crippen LogP contribution in [-0.4, -0.2) is 12.1 Å². The second kappa shape index (κ2) is 4.24. The molecule has 0 saturated heterocycles. The Bertz CT molecular complexity index is 380. The van der Waals surface area contributed by atoms with E-state index in [-0.39, 0.29) is 0 Å². The summed E-state index contributed by atoms with van der Waals surface area (Å²) in [5.74, 6) is 0.890. The van der Waals surface area contributed by atoms with Gasteiger partial charge in [0.25, 0.3) is 0 Å². The Morgan fingerprint density at radius 1 is 1.14 bits per heavy atom. The zero-order valence-corrected chi connectivity index (χ0v) is 8.67. The molecular weight excluding hydrogens is 194 g/mol. The summed E-state index contributed by atoms with van der Waals surface area (Å²) in [6.45, 7) is 0. The molecule has 2 rings (SSSR count). The number of aromatic nitrogens is 1. The Morgan fingerprint density at radius 2 is 1.93 bits per heavy atom. The summed E-state index contributed by atoms with van der Waals surface area (Å²) in [6, 6.07) is 12.1. The third-order valence-corrected chi connectivity index (χ3v) is 2.84. The monoisotopic (exact) mass is 205 g/mol. The predicted molar refractivity (Wildman–Crippen MR) is 57.9 cm³/mol. The van der Waals surface area contributed by atoms with E-state index < -0.39 is 0 Å². The van der Waals surface area contributed by atoms with Crippen molar-refractivity contribution < 1.29 is 4.74 Å². The molecule has 1 aromatic heterocycles. The molecular formula is C11H11NOS. The van der Waals surface area contributed by atoms with Gasteiger partial charge in [-0.25, -0.2) is 0 Å². The highest BCUT2D eigenvalue weighted by Crippen LogP contribution is 2.27. The molecule has 1 N–H and O–H groups in total. The molecule has 14 heavy (non-hydrogen) atoms. The number of methoxy groups -OCH3 is 1. The van der Waals surface area contributed by atoms with Crippen molar-refractivity contribution in [3.63, 3.8) is 0 Å². The maximum Gasteiger partial charge on any atom is 0.118 e. The third kappa shape index (κ3) is 2.12. The van der Waals surface area contributed by atoms with E-state index in [1.165, 1.54) is 4.90 Å². The molecule has 0 radical (unpaired) electrons. The molecule has 0 amide bonds. The van der Waals surface area contributed by atoms with E-state index in [0.29, 0.717) is 0 Å². The zero-order chi connectivity index (χ0) is 9.80. The van der Waals surface area contributed by atoms with Gasteiger partial charge < -0.3 is 9.72 Å². The number of benzene rings is 1. The van der Waals surface area contributed by atoms with Crippen LogP contribution in [0.15, 0.2) is 52.5 Å². The van der Waals surface area contributed by atoms with E-state index in [1.807, 2.05) is 36.5 Å². The second-order valence-corrected chi connectivity index (χ2v) is 3.93. The summed E-state index contributed by atoms with van der Waals surface area (Å²) in [6.07, 6.45) is 1.92. The average Bonchev–Trinajstić information content (AvgIpc) is 2.72. The Hall–Kier alpha value is -1.35. The van der Waals surface area contributed by atoms with Crippen LogP contribution >= 0.6 is 11.8 Å². The molecule has 0 aliphatic heterocycles. The number of aromatic amines is 1. The van der Waals surface area contributed by atoms with Crippen LogP contribution < -0.4 is 4.74 Å². The standard InChI is InChI=1S/C11H11NOS/c1-13-9-4-6-10(7-5-9)14-11-3-2-8-12-11/h2-8,12H,1H3. The summed E-state index contributed by atoms with van der Waals surface area (Å²) in [4.78, 5) is 4.35. The highest BCUT2D eigenvalue weighted by Gasteiger charge is 1.97. The van der Waals surface area contributed by atoms with Crippen molar-refractivity contribution in [1.82, 2.24) is 4.98 Å². The first-order valence-electron chi connectivity index (χ1n) is 4.34. The minimum atomic E-state index is 0.890. The second-order valence-electron chi connectivity index (χ2n) is 2.81. The van der Waals surface area contributed by atoms with Crippen molar-refractivity contribution in [2.75, 3.05) is 7.11 Å². The molecule has 0 bridgehead atoms. The van der Waals surface area contributed by atoms with Crippen LogP contribution in [0, 0.1) is 0 Å². The fourth-order valence-corrected chi connectivity index (χ4v) is 1.95. The normalized spacial score (nSPS) is 10.1. The van der Waals surface area contributed by atoms with Crippen LogP contribution in [0.25, 0.3) is 0 Å². The maximum absolute atomic E-state index is 5.09. The van der Waals surface area contributed by atoms with Crippen molar-refractivity contribution in [2.24, 2.45) is 0 Å². The number of hydrogen-bond acceptors (Lipinski definition) is 2. The highest BCUT2D eigenvalue weighted by atomic mass is 32.2. The van der Waals surface area contributed by atoms with Crippen molar-refractivity contribution in [3.05, 3.63) is 42.6 Å². The highest BCUT2D eigenvalue weighted by molar-refractivity contribution is 7.99. The van der Waals surface area contributed by atoms with Crippen molar-refractivity contribution in [3.8, 4) is 5.75 Å². The van der Waals surface area contributed by atoms with Crippen LogP contribution in [0.2, 0.25) is 0 Å². The number of H-pyrrole nitrogens is 1. The summed E-state index contributed by atoms with van der Waals surface area (Å²) in [5.41, 5.74) is 0. The van der Waals surface area contributed by atoms with Gasteiger partial charge >= 0.3 is 0 Å². The van der Waals surface area contributed by atoms with Gasteiger partial charge in [-0.1, -0.05) is 11.8 Å². The van der Waals surface area contributed by atoms with Gasteiger partial charge in [-0.2, -0.15) is 0 Å². The van der Waals surface area contributed by atoms with Crippen molar-refractivity contribution >= 4 is 11.8 Å². The summed E-state index contributed by atoms with van der Waals surface area (Å²) in [5, 5.41) is 1.15. The summed E-state index contributed by atoms with van der Waals surface area (Å²) < 4.78 is 5.09. The Balaban J connectivity index is 2.10. The van der Waals surface area contributed by atoms with Crippen LogP contribution in [0.4, 0.5) is 0 Å². The van der Waals surface area contributed by atoms with Gasteiger partial charge in [0.1, 0.15) is 5.75 Å². The number of ether oxygens (including phenoxy) is 1. The molecule has 0 aliphatic rings.